The lowest BCUT2D eigenvalue weighted by Crippen LogP contribution is -2.40. The highest BCUT2D eigenvalue weighted by molar-refractivity contribution is 5.83. The molecule has 2 unspecified atom stereocenters. The maximum absolute atomic E-state index is 12.4. The Labute approximate surface area is 181 Å². The summed E-state index contributed by atoms with van der Waals surface area (Å²) in [6, 6.07) is 15.1. The van der Waals surface area contributed by atoms with E-state index in [1.807, 2.05) is 31.2 Å². The standard InChI is InChI=1S/C24H28N2O5/c1-3-16(12-13-22(27)25-15(2)23(28)29)26-24(30)31-14-21-19-10-6-4-8-17(19)18-9-5-7-11-20(18)21/h4-11,15-16,21H,3,12-14H2,1-2H3,(H,25,27)(H,26,30)(H,28,29). The molecular formula is C24H28N2O5. The van der Waals surface area contributed by atoms with E-state index in [4.69, 9.17) is 9.84 Å². The summed E-state index contributed by atoms with van der Waals surface area (Å²) in [4.78, 5) is 35.1. The first-order valence-electron chi connectivity index (χ1n) is 10.5. The average Bonchev–Trinajstić information content (AvgIpc) is 3.08. The van der Waals surface area contributed by atoms with Crippen molar-refractivity contribution in [1.82, 2.24) is 10.6 Å². The van der Waals surface area contributed by atoms with E-state index in [2.05, 4.69) is 34.9 Å². The lowest BCUT2D eigenvalue weighted by atomic mass is 9.98. The number of carbonyl (C=O) groups is 3. The van der Waals surface area contributed by atoms with Crippen LogP contribution >= 0.6 is 0 Å². The highest BCUT2D eigenvalue weighted by Gasteiger charge is 2.29. The zero-order chi connectivity index (χ0) is 22.4. The monoisotopic (exact) mass is 424 g/mol. The Hall–Kier alpha value is -3.35. The quantitative estimate of drug-likeness (QED) is 0.570. The van der Waals surface area contributed by atoms with Crippen LogP contribution in [0.2, 0.25) is 0 Å². The van der Waals surface area contributed by atoms with Crippen LogP contribution < -0.4 is 10.6 Å². The number of nitrogens with one attached hydrogen (secondary N) is 2. The van der Waals surface area contributed by atoms with E-state index in [-0.39, 0.29) is 30.9 Å². The molecule has 0 aliphatic heterocycles. The molecule has 1 aliphatic carbocycles. The second-order valence-electron chi connectivity index (χ2n) is 7.74. The summed E-state index contributed by atoms with van der Waals surface area (Å²) >= 11 is 0. The van der Waals surface area contributed by atoms with Crippen LogP contribution in [-0.2, 0) is 14.3 Å². The molecule has 0 radical (unpaired) electrons. The first-order valence-corrected chi connectivity index (χ1v) is 10.5. The average molecular weight is 424 g/mol. The van der Waals surface area contributed by atoms with Crippen molar-refractivity contribution in [3.05, 3.63) is 59.7 Å². The van der Waals surface area contributed by atoms with Gasteiger partial charge in [-0.25, -0.2) is 4.79 Å². The van der Waals surface area contributed by atoms with Crippen LogP contribution in [0.4, 0.5) is 4.79 Å². The van der Waals surface area contributed by atoms with Gasteiger partial charge >= 0.3 is 12.1 Å². The molecule has 0 fully saturated rings. The number of amides is 2. The Balaban J connectivity index is 1.52. The van der Waals surface area contributed by atoms with Crippen LogP contribution in [0.25, 0.3) is 11.1 Å². The van der Waals surface area contributed by atoms with Crippen molar-refractivity contribution in [1.29, 1.82) is 0 Å². The van der Waals surface area contributed by atoms with Gasteiger partial charge in [0.25, 0.3) is 0 Å². The third kappa shape index (κ3) is 5.42. The van der Waals surface area contributed by atoms with Gasteiger partial charge in [-0.15, -0.1) is 0 Å². The fraction of sp³-hybridized carbons (Fsp3) is 0.375. The Morgan fingerprint density at radius 1 is 1.00 bits per heavy atom. The Kier molecular flexibility index (Phi) is 7.28. The third-order valence-corrected chi connectivity index (χ3v) is 5.63. The molecule has 0 heterocycles. The Morgan fingerprint density at radius 3 is 2.13 bits per heavy atom. The summed E-state index contributed by atoms with van der Waals surface area (Å²) in [5.74, 6) is -1.46. The molecule has 0 aromatic heterocycles. The predicted octanol–water partition coefficient (Wildman–Crippen LogP) is 3.67. The van der Waals surface area contributed by atoms with Gasteiger partial charge in [-0.3, -0.25) is 9.59 Å². The van der Waals surface area contributed by atoms with Crippen LogP contribution in [-0.4, -0.2) is 41.8 Å². The number of carbonyl (C=O) groups excluding carboxylic acids is 2. The fourth-order valence-electron chi connectivity index (χ4n) is 3.87. The molecule has 2 aromatic carbocycles. The number of hydrogen-bond donors (Lipinski definition) is 3. The second-order valence-corrected chi connectivity index (χ2v) is 7.74. The van der Waals surface area contributed by atoms with Crippen molar-refractivity contribution in [3.63, 3.8) is 0 Å². The van der Waals surface area contributed by atoms with Gasteiger partial charge in [0.05, 0.1) is 0 Å². The first-order chi connectivity index (χ1) is 14.9. The zero-order valence-corrected chi connectivity index (χ0v) is 17.8. The van der Waals surface area contributed by atoms with Gasteiger partial charge in [0.15, 0.2) is 0 Å². The minimum absolute atomic E-state index is 0.0125. The Bertz CT molecular complexity index is 913. The van der Waals surface area contributed by atoms with Crippen molar-refractivity contribution in [2.24, 2.45) is 0 Å². The largest absolute Gasteiger partial charge is 0.480 e. The number of rotatable bonds is 9. The van der Waals surface area contributed by atoms with Gasteiger partial charge < -0.3 is 20.5 Å². The number of benzene rings is 2. The molecular weight excluding hydrogens is 396 g/mol. The number of fused-ring (bicyclic) bond motifs is 3. The fourth-order valence-corrected chi connectivity index (χ4v) is 3.87. The molecule has 2 atom stereocenters. The highest BCUT2D eigenvalue weighted by atomic mass is 16.5. The lowest BCUT2D eigenvalue weighted by molar-refractivity contribution is -0.141. The molecule has 2 aromatic rings. The molecule has 0 spiro atoms. The van der Waals surface area contributed by atoms with Crippen LogP contribution in [0.15, 0.2) is 48.5 Å². The summed E-state index contributed by atoms with van der Waals surface area (Å²) in [6.07, 6.45) is 0.637. The van der Waals surface area contributed by atoms with Gasteiger partial charge in [-0.1, -0.05) is 55.5 Å². The van der Waals surface area contributed by atoms with Gasteiger partial charge in [-0.05, 0) is 42.0 Å². The Morgan fingerprint density at radius 2 is 1.58 bits per heavy atom. The predicted molar refractivity (Wildman–Crippen MR) is 117 cm³/mol. The van der Waals surface area contributed by atoms with E-state index < -0.39 is 18.1 Å². The molecule has 7 heteroatoms. The smallest absolute Gasteiger partial charge is 0.407 e. The summed E-state index contributed by atoms with van der Waals surface area (Å²) < 4.78 is 5.55. The molecule has 3 rings (SSSR count). The number of carboxylic acids is 1. The van der Waals surface area contributed by atoms with Crippen LogP contribution in [0.1, 0.15) is 50.2 Å². The molecule has 0 saturated heterocycles. The third-order valence-electron chi connectivity index (χ3n) is 5.63. The van der Waals surface area contributed by atoms with E-state index in [1.54, 1.807) is 0 Å². The van der Waals surface area contributed by atoms with Crippen LogP contribution in [0.5, 0.6) is 0 Å². The van der Waals surface area contributed by atoms with E-state index in [1.165, 1.54) is 18.1 Å². The SMILES string of the molecule is CCC(CCC(=O)NC(C)C(=O)O)NC(=O)OCC1c2ccccc2-c2ccccc21. The highest BCUT2D eigenvalue weighted by Crippen LogP contribution is 2.44. The zero-order valence-electron chi connectivity index (χ0n) is 17.8. The van der Waals surface area contributed by atoms with Crippen molar-refractivity contribution >= 4 is 18.0 Å². The molecule has 0 bridgehead atoms. The van der Waals surface area contributed by atoms with Crippen LogP contribution in [0, 0.1) is 0 Å². The van der Waals surface area contributed by atoms with Gasteiger partial charge in [0.1, 0.15) is 12.6 Å². The van der Waals surface area contributed by atoms with E-state index in [9.17, 15) is 14.4 Å². The molecule has 164 valence electrons. The minimum Gasteiger partial charge on any atom is -0.480 e. The van der Waals surface area contributed by atoms with Crippen molar-refractivity contribution in [3.8, 4) is 11.1 Å². The molecule has 7 nitrogen and oxygen atoms in total. The van der Waals surface area contributed by atoms with Crippen LogP contribution in [0.3, 0.4) is 0 Å². The summed E-state index contributed by atoms with van der Waals surface area (Å²) in [5, 5.41) is 14.1. The molecule has 31 heavy (non-hydrogen) atoms. The summed E-state index contributed by atoms with van der Waals surface area (Å²) in [5.41, 5.74) is 4.63. The molecule has 3 N–H and O–H groups in total. The lowest BCUT2D eigenvalue weighted by Gasteiger charge is -2.19. The maximum Gasteiger partial charge on any atom is 0.407 e. The van der Waals surface area contributed by atoms with E-state index >= 15 is 0 Å². The normalized spacial score (nSPS) is 14.1. The maximum atomic E-state index is 12.4. The van der Waals surface area contributed by atoms with E-state index in [0.29, 0.717) is 12.8 Å². The topological polar surface area (TPSA) is 105 Å². The number of ether oxygens (including phenoxy) is 1. The molecule has 0 saturated carbocycles. The molecule has 2 amide bonds. The van der Waals surface area contributed by atoms with Gasteiger partial charge in [-0.2, -0.15) is 0 Å². The van der Waals surface area contributed by atoms with E-state index in [0.717, 1.165) is 11.1 Å². The van der Waals surface area contributed by atoms with Crippen molar-refractivity contribution < 1.29 is 24.2 Å². The number of hydrogen-bond acceptors (Lipinski definition) is 4. The molecule has 1 aliphatic rings. The minimum atomic E-state index is -1.09. The number of aliphatic carboxylic acids is 1. The number of alkyl carbamates (subject to hydrolysis) is 1. The van der Waals surface area contributed by atoms with Gasteiger partial charge in [0.2, 0.25) is 5.91 Å². The van der Waals surface area contributed by atoms with Crippen molar-refractivity contribution in [2.45, 2.75) is 51.1 Å². The first kappa shape index (κ1) is 22.3. The second kappa shape index (κ2) is 10.1. The van der Waals surface area contributed by atoms with Crippen molar-refractivity contribution in [2.75, 3.05) is 6.61 Å². The summed E-state index contributed by atoms with van der Waals surface area (Å²) in [6.45, 7) is 3.55. The summed E-state index contributed by atoms with van der Waals surface area (Å²) in [7, 11) is 0. The van der Waals surface area contributed by atoms with Gasteiger partial charge in [0, 0.05) is 18.4 Å². The number of carboxylic acid groups (broad SMARTS) is 1.